The molecule has 3 aromatic rings. The summed E-state index contributed by atoms with van der Waals surface area (Å²) in [6, 6.07) is 12.5. The molecule has 28 heavy (non-hydrogen) atoms. The Morgan fingerprint density at radius 1 is 1.14 bits per heavy atom. The fourth-order valence-electron chi connectivity index (χ4n) is 3.73. The lowest BCUT2D eigenvalue weighted by atomic mass is 10.1. The van der Waals surface area contributed by atoms with E-state index in [0.717, 1.165) is 24.5 Å². The molecule has 1 aromatic heterocycles. The van der Waals surface area contributed by atoms with Crippen molar-refractivity contribution in [3.63, 3.8) is 0 Å². The summed E-state index contributed by atoms with van der Waals surface area (Å²) in [5.74, 6) is 1.48. The van der Waals surface area contributed by atoms with Crippen molar-refractivity contribution in [1.82, 2.24) is 15.0 Å². The number of para-hydroxylation sites is 2. The van der Waals surface area contributed by atoms with E-state index in [1.54, 1.807) is 19.1 Å². The van der Waals surface area contributed by atoms with Crippen molar-refractivity contribution >= 4 is 0 Å². The molecule has 0 bridgehead atoms. The van der Waals surface area contributed by atoms with Gasteiger partial charge < -0.3 is 14.0 Å². The molecule has 1 saturated heterocycles. The molecule has 0 saturated carbocycles. The van der Waals surface area contributed by atoms with E-state index in [9.17, 15) is 4.39 Å². The second-order valence-corrected chi connectivity index (χ2v) is 7.38. The van der Waals surface area contributed by atoms with Crippen LogP contribution in [0.15, 0.2) is 47.0 Å². The maximum atomic E-state index is 13.8. The van der Waals surface area contributed by atoms with Crippen molar-refractivity contribution in [3.05, 3.63) is 59.7 Å². The molecule has 7 heteroatoms. The van der Waals surface area contributed by atoms with Gasteiger partial charge in [-0.15, -0.1) is 0 Å². The third-order valence-corrected chi connectivity index (χ3v) is 5.44. The summed E-state index contributed by atoms with van der Waals surface area (Å²) >= 11 is 0. The van der Waals surface area contributed by atoms with Crippen LogP contribution in [0.25, 0.3) is 11.4 Å². The smallest absolute Gasteiger partial charge is 0.265 e. The van der Waals surface area contributed by atoms with Gasteiger partial charge in [0.05, 0.1) is 12.6 Å². The summed E-state index contributed by atoms with van der Waals surface area (Å²) < 4.78 is 31.5. The molecule has 1 fully saturated rings. The molecule has 1 spiro atoms. The van der Waals surface area contributed by atoms with Crippen LogP contribution < -0.4 is 9.47 Å². The van der Waals surface area contributed by atoms with Gasteiger partial charge in [-0.05, 0) is 37.6 Å². The van der Waals surface area contributed by atoms with E-state index in [-0.39, 0.29) is 11.9 Å². The van der Waals surface area contributed by atoms with Crippen LogP contribution in [0.5, 0.6) is 11.5 Å². The molecular weight excluding hydrogens is 361 g/mol. The molecule has 3 heterocycles. The maximum absolute atomic E-state index is 13.8. The number of nitrogens with zero attached hydrogens (tertiary/aromatic N) is 3. The van der Waals surface area contributed by atoms with E-state index >= 15 is 0 Å². The molecule has 5 rings (SSSR count). The van der Waals surface area contributed by atoms with Crippen molar-refractivity contribution in [2.24, 2.45) is 0 Å². The molecule has 1 atom stereocenters. The SMILES string of the molecule is Cc1ccc(-c2noc(C(C)N3CCC4(C3)Oc3ccccc3O4)n2)cc1F. The number of hydrogen-bond donors (Lipinski definition) is 0. The lowest BCUT2D eigenvalue weighted by Gasteiger charge is -2.25. The highest BCUT2D eigenvalue weighted by Crippen LogP contribution is 2.44. The number of likely N-dealkylation sites (tertiary alicyclic amines) is 1. The average Bonchev–Trinajstić information content (AvgIpc) is 3.41. The van der Waals surface area contributed by atoms with Gasteiger partial charge in [0, 0.05) is 18.5 Å². The van der Waals surface area contributed by atoms with E-state index in [1.807, 2.05) is 31.2 Å². The lowest BCUT2D eigenvalue weighted by molar-refractivity contribution is -0.0701. The Kier molecular flexibility index (Phi) is 3.87. The van der Waals surface area contributed by atoms with Crippen LogP contribution in [0.2, 0.25) is 0 Å². The van der Waals surface area contributed by atoms with Crippen LogP contribution in [-0.4, -0.2) is 33.9 Å². The normalized spacial score (nSPS) is 18.7. The molecule has 0 N–H and O–H groups in total. The van der Waals surface area contributed by atoms with Gasteiger partial charge in [0.15, 0.2) is 11.5 Å². The zero-order chi connectivity index (χ0) is 19.3. The van der Waals surface area contributed by atoms with Gasteiger partial charge in [-0.2, -0.15) is 4.98 Å². The van der Waals surface area contributed by atoms with E-state index in [0.29, 0.717) is 29.4 Å². The van der Waals surface area contributed by atoms with Gasteiger partial charge in [0.25, 0.3) is 5.79 Å². The first kappa shape index (κ1) is 17.2. The third-order valence-electron chi connectivity index (χ3n) is 5.44. The number of halogens is 1. The number of ether oxygens (including phenoxy) is 2. The first-order valence-corrected chi connectivity index (χ1v) is 9.34. The molecule has 1 unspecified atom stereocenters. The predicted molar refractivity (Wildman–Crippen MR) is 99.5 cm³/mol. The summed E-state index contributed by atoms with van der Waals surface area (Å²) in [6.07, 6.45) is 0.746. The van der Waals surface area contributed by atoms with Gasteiger partial charge in [0.2, 0.25) is 11.7 Å². The summed E-state index contributed by atoms with van der Waals surface area (Å²) in [5.41, 5.74) is 1.18. The molecule has 0 radical (unpaired) electrons. The average molecular weight is 381 g/mol. The number of hydrogen-bond acceptors (Lipinski definition) is 6. The fourth-order valence-corrected chi connectivity index (χ4v) is 3.73. The van der Waals surface area contributed by atoms with E-state index in [4.69, 9.17) is 14.0 Å². The van der Waals surface area contributed by atoms with E-state index in [2.05, 4.69) is 15.0 Å². The van der Waals surface area contributed by atoms with E-state index < -0.39 is 5.79 Å². The first-order chi connectivity index (χ1) is 13.5. The summed E-state index contributed by atoms with van der Waals surface area (Å²) in [7, 11) is 0. The van der Waals surface area contributed by atoms with Crippen molar-refractivity contribution in [1.29, 1.82) is 0 Å². The minimum atomic E-state index is -0.666. The minimum absolute atomic E-state index is 0.105. The Labute approximate surface area is 161 Å². The van der Waals surface area contributed by atoms with Crippen LogP contribution in [0.4, 0.5) is 4.39 Å². The quantitative estimate of drug-likeness (QED) is 0.680. The van der Waals surface area contributed by atoms with Crippen molar-refractivity contribution < 1.29 is 18.4 Å². The zero-order valence-electron chi connectivity index (χ0n) is 15.7. The van der Waals surface area contributed by atoms with Crippen LogP contribution in [-0.2, 0) is 0 Å². The highest BCUT2D eigenvalue weighted by molar-refractivity contribution is 5.55. The molecule has 144 valence electrons. The minimum Gasteiger partial charge on any atom is -0.447 e. The largest absolute Gasteiger partial charge is 0.447 e. The summed E-state index contributed by atoms with van der Waals surface area (Å²) in [5, 5.41) is 4.03. The number of rotatable bonds is 3. The van der Waals surface area contributed by atoms with Gasteiger partial charge in [-0.1, -0.05) is 29.4 Å². The molecule has 0 aliphatic carbocycles. The standard InChI is InChI=1S/C21H20FN3O3/c1-13-7-8-15(11-16(13)22)19-23-20(28-24-19)14(2)25-10-9-21(12-25)26-17-5-3-4-6-18(17)27-21/h3-8,11,14H,9-10,12H2,1-2H3. The predicted octanol–water partition coefficient (Wildman–Crippen LogP) is 4.12. The zero-order valence-corrected chi connectivity index (χ0v) is 15.7. The number of aryl methyl sites for hydroxylation is 1. The van der Waals surface area contributed by atoms with E-state index in [1.165, 1.54) is 6.07 Å². The van der Waals surface area contributed by atoms with Crippen molar-refractivity contribution in [2.75, 3.05) is 13.1 Å². The Hall–Kier alpha value is -2.93. The second-order valence-electron chi connectivity index (χ2n) is 7.38. The molecule has 0 amide bonds. The Balaban J connectivity index is 1.32. The first-order valence-electron chi connectivity index (χ1n) is 9.34. The lowest BCUT2D eigenvalue weighted by Crippen LogP contribution is -2.42. The molecule has 2 aliphatic heterocycles. The maximum Gasteiger partial charge on any atom is 0.265 e. The highest BCUT2D eigenvalue weighted by Gasteiger charge is 2.49. The molecule has 6 nitrogen and oxygen atoms in total. The monoisotopic (exact) mass is 381 g/mol. The summed E-state index contributed by atoms with van der Waals surface area (Å²) in [4.78, 5) is 6.68. The third kappa shape index (κ3) is 2.82. The van der Waals surface area contributed by atoms with Crippen molar-refractivity contribution in [2.45, 2.75) is 32.1 Å². The van der Waals surface area contributed by atoms with Crippen molar-refractivity contribution in [3.8, 4) is 22.9 Å². The van der Waals surface area contributed by atoms with Gasteiger partial charge in [-0.25, -0.2) is 4.39 Å². The topological polar surface area (TPSA) is 60.6 Å². The molecule has 2 aliphatic rings. The number of benzene rings is 2. The molecule has 2 aromatic carbocycles. The number of fused-ring (bicyclic) bond motifs is 1. The Morgan fingerprint density at radius 2 is 1.89 bits per heavy atom. The Morgan fingerprint density at radius 3 is 2.61 bits per heavy atom. The van der Waals surface area contributed by atoms with Crippen LogP contribution in [0.1, 0.15) is 30.8 Å². The van der Waals surface area contributed by atoms with Gasteiger partial charge in [-0.3, -0.25) is 4.90 Å². The van der Waals surface area contributed by atoms with Crippen LogP contribution >= 0.6 is 0 Å². The second kappa shape index (κ2) is 6.31. The Bertz CT molecular complexity index is 1010. The molecular formula is C21H20FN3O3. The number of aromatic nitrogens is 2. The summed E-state index contributed by atoms with van der Waals surface area (Å²) in [6.45, 7) is 5.11. The van der Waals surface area contributed by atoms with Gasteiger partial charge >= 0.3 is 0 Å². The fraction of sp³-hybridized carbons (Fsp3) is 0.333. The van der Waals surface area contributed by atoms with Crippen LogP contribution in [0, 0.1) is 12.7 Å². The van der Waals surface area contributed by atoms with Gasteiger partial charge in [0.1, 0.15) is 5.82 Å². The highest BCUT2D eigenvalue weighted by atomic mass is 19.1. The van der Waals surface area contributed by atoms with Crippen LogP contribution in [0.3, 0.4) is 0 Å².